The molecule has 6 nitrogen and oxygen atoms in total. The molecule has 4 rings (SSSR count). The van der Waals surface area contributed by atoms with Gasteiger partial charge in [-0.05, 0) is 43.0 Å². The smallest absolute Gasteiger partial charge is 0.273 e. The van der Waals surface area contributed by atoms with Crippen LogP contribution in [0.15, 0.2) is 35.4 Å². The van der Waals surface area contributed by atoms with Gasteiger partial charge in [0.25, 0.3) is 15.9 Å². The number of sulfonamides is 1. The molecule has 2 aromatic rings. The Morgan fingerprint density at radius 2 is 1.80 bits per heavy atom. The molecule has 0 spiro atoms. The van der Waals surface area contributed by atoms with Gasteiger partial charge in [-0.3, -0.25) is 9.89 Å². The van der Waals surface area contributed by atoms with Gasteiger partial charge in [0.15, 0.2) is 0 Å². The first kappa shape index (κ1) is 16.1. The van der Waals surface area contributed by atoms with E-state index in [1.807, 2.05) is 0 Å². The number of halogens is 3. The Balaban J connectivity index is 1.75. The summed E-state index contributed by atoms with van der Waals surface area (Å²) in [5.41, 5.74) is -0.317. The molecule has 2 heterocycles. The molecule has 0 bridgehead atoms. The maximum atomic E-state index is 12.9. The second-order valence-corrected chi connectivity index (χ2v) is 7.93. The molecule has 1 atom stereocenters. The standard InChI is InChI=1S/C15H12F3N3O3S/c16-15(17,18)9-3-5-10(6-4-9)25(23,24)21-13(8-1-2-8)11-7-19-20-12(11)14(21)22/h3-8,13H,1-2H2,(H,19,20)/t13-/m1/s1. The van der Waals surface area contributed by atoms with E-state index in [4.69, 9.17) is 0 Å². The molecular formula is C15H12F3N3O3S. The Morgan fingerprint density at radius 1 is 1.16 bits per heavy atom. The summed E-state index contributed by atoms with van der Waals surface area (Å²) in [5.74, 6) is -0.726. The van der Waals surface area contributed by atoms with Crippen LogP contribution in [0.25, 0.3) is 0 Å². The average Bonchev–Trinajstić information content (AvgIpc) is 3.18. The summed E-state index contributed by atoms with van der Waals surface area (Å²) in [7, 11) is -4.27. The van der Waals surface area contributed by atoms with Crippen LogP contribution in [0.5, 0.6) is 0 Å². The molecule has 10 heteroatoms. The molecule has 1 saturated carbocycles. The Labute approximate surface area is 140 Å². The first-order valence-electron chi connectivity index (χ1n) is 7.50. The average molecular weight is 371 g/mol. The fourth-order valence-electron chi connectivity index (χ4n) is 3.10. The fraction of sp³-hybridized carbons (Fsp3) is 0.333. The molecule has 2 aliphatic rings. The number of alkyl halides is 3. The van der Waals surface area contributed by atoms with Gasteiger partial charge in [0.2, 0.25) is 0 Å². The Bertz CT molecular complexity index is 946. The molecule has 0 unspecified atom stereocenters. The van der Waals surface area contributed by atoms with Gasteiger partial charge in [-0.1, -0.05) is 0 Å². The zero-order chi connectivity index (χ0) is 18.0. The minimum Gasteiger partial charge on any atom is -0.273 e. The molecule has 1 aliphatic carbocycles. The van der Waals surface area contributed by atoms with Crippen molar-refractivity contribution >= 4 is 15.9 Å². The fourth-order valence-corrected chi connectivity index (χ4v) is 4.70. The lowest BCUT2D eigenvalue weighted by molar-refractivity contribution is -0.137. The largest absolute Gasteiger partial charge is 0.416 e. The number of amides is 1. The topological polar surface area (TPSA) is 83.1 Å². The molecule has 1 aromatic carbocycles. The number of aromatic amines is 1. The molecule has 1 fully saturated rings. The van der Waals surface area contributed by atoms with Gasteiger partial charge < -0.3 is 0 Å². The van der Waals surface area contributed by atoms with Crippen molar-refractivity contribution in [1.29, 1.82) is 0 Å². The van der Waals surface area contributed by atoms with Gasteiger partial charge >= 0.3 is 6.18 Å². The van der Waals surface area contributed by atoms with E-state index < -0.39 is 33.7 Å². The van der Waals surface area contributed by atoms with Crippen molar-refractivity contribution in [3.63, 3.8) is 0 Å². The SMILES string of the molecule is O=C1c2[nH]ncc2[C@@H](C2CC2)N1S(=O)(=O)c1ccc(C(F)(F)F)cc1. The van der Waals surface area contributed by atoms with E-state index in [0.717, 1.165) is 29.3 Å². The van der Waals surface area contributed by atoms with Crippen molar-refractivity contribution in [2.24, 2.45) is 5.92 Å². The molecular weight excluding hydrogens is 359 g/mol. The predicted molar refractivity (Wildman–Crippen MR) is 78.9 cm³/mol. The van der Waals surface area contributed by atoms with Gasteiger partial charge in [0.05, 0.1) is 22.7 Å². The molecule has 0 saturated heterocycles. The Kier molecular flexibility index (Phi) is 3.27. The minimum absolute atomic E-state index is 0.00650. The maximum absolute atomic E-state index is 12.9. The van der Waals surface area contributed by atoms with E-state index >= 15 is 0 Å². The number of nitrogens with one attached hydrogen (secondary N) is 1. The highest BCUT2D eigenvalue weighted by atomic mass is 32.2. The third-order valence-electron chi connectivity index (χ3n) is 4.46. The number of carbonyl (C=O) groups is 1. The highest BCUT2D eigenvalue weighted by Crippen LogP contribution is 2.50. The summed E-state index contributed by atoms with van der Waals surface area (Å²) in [6, 6.07) is 2.48. The van der Waals surface area contributed by atoms with E-state index in [9.17, 15) is 26.4 Å². The normalized spacial score (nSPS) is 20.8. The Morgan fingerprint density at radius 3 is 2.36 bits per heavy atom. The van der Waals surface area contributed by atoms with E-state index in [0.29, 0.717) is 17.7 Å². The van der Waals surface area contributed by atoms with Gasteiger partial charge in [-0.2, -0.15) is 18.3 Å². The summed E-state index contributed by atoms with van der Waals surface area (Å²) in [6.07, 6.45) is -1.58. The summed E-state index contributed by atoms with van der Waals surface area (Å²) in [5, 5.41) is 6.30. The Hall–Kier alpha value is -2.36. The van der Waals surface area contributed by atoms with Crippen LogP contribution in [-0.4, -0.2) is 28.8 Å². The summed E-state index contributed by atoms with van der Waals surface area (Å²) in [6.45, 7) is 0. The number of H-pyrrole nitrogens is 1. The number of benzene rings is 1. The van der Waals surface area contributed by atoms with Crippen LogP contribution in [0.4, 0.5) is 13.2 Å². The quantitative estimate of drug-likeness (QED) is 0.899. The van der Waals surface area contributed by atoms with Crippen LogP contribution in [0.3, 0.4) is 0 Å². The maximum Gasteiger partial charge on any atom is 0.416 e. The lowest BCUT2D eigenvalue weighted by atomic mass is 10.1. The first-order chi connectivity index (χ1) is 11.7. The number of aromatic nitrogens is 2. The lowest BCUT2D eigenvalue weighted by Gasteiger charge is -2.24. The van der Waals surface area contributed by atoms with Crippen molar-refractivity contribution in [1.82, 2.24) is 14.5 Å². The van der Waals surface area contributed by atoms with Gasteiger partial charge in [-0.15, -0.1) is 0 Å². The number of nitrogens with zero attached hydrogens (tertiary/aromatic N) is 2. The zero-order valence-corrected chi connectivity index (χ0v) is 13.4. The van der Waals surface area contributed by atoms with E-state index in [2.05, 4.69) is 10.2 Å². The van der Waals surface area contributed by atoms with E-state index in [1.165, 1.54) is 6.20 Å². The van der Waals surface area contributed by atoms with Crippen LogP contribution in [-0.2, 0) is 16.2 Å². The number of hydrogen-bond acceptors (Lipinski definition) is 4. The van der Waals surface area contributed by atoms with Crippen molar-refractivity contribution < 1.29 is 26.4 Å². The summed E-state index contributed by atoms with van der Waals surface area (Å²) in [4.78, 5) is 12.2. The lowest BCUT2D eigenvalue weighted by Crippen LogP contribution is -2.36. The highest BCUT2D eigenvalue weighted by Gasteiger charge is 2.51. The minimum atomic E-state index is -4.56. The monoisotopic (exact) mass is 371 g/mol. The number of rotatable bonds is 3. The summed E-state index contributed by atoms with van der Waals surface area (Å²) < 4.78 is 64.6. The second-order valence-electron chi connectivity index (χ2n) is 6.11. The first-order valence-corrected chi connectivity index (χ1v) is 8.94. The van der Waals surface area contributed by atoms with Crippen molar-refractivity contribution in [3.05, 3.63) is 47.3 Å². The van der Waals surface area contributed by atoms with Gasteiger partial charge in [0.1, 0.15) is 5.69 Å². The molecule has 1 aromatic heterocycles. The highest BCUT2D eigenvalue weighted by molar-refractivity contribution is 7.89. The third kappa shape index (κ3) is 2.43. The van der Waals surface area contributed by atoms with Gasteiger partial charge in [-0.25, -0.2) is 12.7 Å². The van der Waals surface area contributed by atoms with Crippen LogP contribution >= 0.6 is 0 Å². The van der Waals surface area contributed by atoms with Crippen LogP contribution < -0.4 is 0 Å². The number of hydrogen-bond donors (Lipinski definition) is 1. The molecule has 0 radical (unpaired) electrons. The molecule has 1 N–H and O–H groups in total. The summed E-state index contributed by atoms with van der Waals surface area (Å²) >= 11 is 0. The molecule has 25 heavy (non-hydrogen) atoms. The van der Waals surface area contributed by atoms with Crippen molar-refractivity contribution in [2.75, 3.05) is 0 Å². The van der Waals surface area contributed by atoms with E-state index in [-0.39, 0.29) is 16.5 Å². The zero-order valence-electron chi connectivity index (χ0n) is 12.6. The molecule has 1 amide bonds. The molecule has 1 aliphatic heterocycles. The van der Waals surface area contributed by atoms with E-state index in [1.54, 1.807) is 0 Å². The van der Waals surface area contributed by atoms with Crippen molar-refractivity contribution in [3.8, 4) is 0 Å². The van der Waals surface area contributed by atoms with Crippen LogP contribution in [0.2, 0.25) is 0 Å². The second kappa shape index (κ2) is 5.07. The molecule has 132 valence electrons. The predicted octanol–water partition coefficient (Wildman–Crippen LogP) is 2.72. The van der Waals surface area contributed by atoms with Crippen molar-refractivity contribution in [2.45, 2.75) is 30.0 Å². The number of fused-ring (bicyclic) bond motifs is 1. The van der Waals surface area contributed by atoms with Crippen LogP contribution in [0.1, 0.15) is 40.5 Å². The van der Waals surface area contributed by atoms with Gasteiger partial charge in [0, 0.05) is 5.56 Å². The van der Waals surface area contributed by atoms with Crippen LogP contribution in [0, 0.1) is 5.92 Å². The third-order valence-corrected chi connectivity index (χ3v) is 6.24. The number of carbonyl (C=O) groups excluding carboxylic acids is 1.